The number of fused-ring (bicyclic) bond motifs is 3. The first-order valence-electron chi connectivity index (χ1n) is 14.5. The molecule has 1 aliphatic heterocycles. The van der Waals surface area contributed by atoms with Crippen LogP contribution in [0.5, 0.6) is 5.75 Å². The number of nitrogens with two attached hydrogens (primary N) is 1. The predicted octanol–water partition coefficient (Wildman–Crippen LogP) is 1.58. The first-order chi connectivity index (χ1) is 20.4. The van der Waals surface area contributed by atoms with Crippen molar-refractivity contribution >= 4 is 36.1 Å². The molecule has 1 amide bonds. The van der Waals surface area contributed by atoms with E-state index in [9.17, 15) is 43.2 Å². The van der Waals surface area contributed by atoms with Crippen molar-refractivity contribution in [1.29, 1.82) is 0 Å². The van der Waals surface area contributed by atoms with E-state index >= 15 is 0 Å². The van der Waals surface area contributed by atoms with Crippen LogP contribution in [0, 0.1) is 17.8 Å². The maximum absolute atomic E-state index is 14.1. The Kier molecular flexibility index (Phi) is 7.95. The molecule has 14 heteroatoms. The first-order valence-corrected chi connectivity index (χ1v) is 14.5. The van der Waals surface area contributed by atoms with Crippen LogP contribution in [0.3, 0.4) is 0 Å². The number of hydrogen-bond donors (Lipinski definition) is 5. The Morgan fingerprint density at radius 2 is 1.77 bits per heavy atom. The van der Waals surface area contributed by atoms with Crippen molar-refractivity contribution in [3.63, 3.8) is 0 Å². The van der Waals surface area contributed by atoms with Crippen molar-refractivity contribution in [2.75, 3.05) is 46.2 Å². The van der Waals surface area contributed by atoms with Gasteiger partial charge in [-0.25, -0.2) is 0 Å². The van der Waals surface area contributed by atoms with Gasteiger partial charge in [0.15, 0.2) is 0 Å². The van der Waals surface area contributed by atoms with E-state index in [1.54, 1.807) is 38.0 Å². The number of likely N-dealkylation sites (tertiary alicyclic amines) is 1. The molecule has 1 aromatic rings. The SMILES string of the molecule is [B]=C1C(C(N)=O)=C(O)[C@@H](N(C)C)[C@@H]2C[C@@H]3Cc4c(c(O)cc(CN5CCC(C(F)(F)F)CC5)c4N(C)C)C(O)=C3C(=O)[C@]12O. The molecule has 6 N–H and O–H groups in total. The number of aromatic hydroxyl groups is 1. The number of phenolic OH excluding ortho intramolecular Hbond substituents is 1. The van der Waals surface area contributed by atoms with Gasteiger partial charge in [0, 0.05) is 0 Å². The van der Waals surface area contributed by atoms with E-state index in [1.807, 2.05) is 4.90 Å². The van der Waals surface area contributed by atoms with Crippen molar-refractivity contribution in [2.45, 2.75) is 50.0 Å². The van der Waals surface area contributed by atoms with Crippen LogP contribution >= 0.6 is 0 Å². The van der Waals surface area contributed by atoms with E-state index < -0.39 is 69.8 Å². The molecule has 44 heavy (non-hydrogen) atoms. The number of alkyl halides is 3. The molecule has 4 atom stereocenters. The second-order valence-corrected chi connectivity index (χ2v) is 12.8. The van der Waals surface area contributed by atoms with Crippen LogP contribution in [0.4, 0.5) is 18.9 Å². The molecular formula is C30H37BF3N4O6. The summed E-state index contributed by atoms with van der Waals surface area (Å²) in [5, 5.41) is 45.7. The van der Waals surface area contributed by atoms with Gasteiger partial charge in [0.25, 0.3) is 0 Å². The number of hydrogen-bond acceptors (Lipinski definition) is 9. The zero-order valence-electron chi connectivity index (χ0n) is 25.1. The summed E-state index contributed by atoms with van der Waals surface area (Å²) in [5.41, 5.74) is 3.60. The molecule has 3 aliphatic carbocycles. The van der Waals surface area contributed by atoms with E-state index in [0.29, 0.717) is 16.8 Å². The Hall–Kier alpha value is -3.36. The second kappa shape index (κ2) is 10.9. The molecule has 0 aromatic heterocycles. The fourth-order valence-electron chi connectivity index (χ4n) is 7.80. The number of benzene rings is 1. The predicted molar refractivity (Wildman–Crippen MR) is 158 cm³/mol. The van der Waals surface area contributed by atoms with Gasteiger partial charge in [-0.2, -0.15) is 13.2 Å². The molecular weight excluding hydrogens is 580 g/mol. The van der Waals surface area contributed by atoms with Gasteiger partial charge in [0.1, 0.15) is 0 Å². The summed E-state index contributed by atoms with van der Waals surface area (Å²) in [6.45, 7) is 0.733. The Morgan fingerprint density at radius 1 is 1.16 bits per heavy atom. The number of aliphatic hydroxyl groups is 3. The van der Waals surface area contributed by atoms with E-state index in [1.165, 1.54) is 6.07 Å². The van der Waals surface area contributed by atoms with Crippen molar-refractivity contribution < 1.29 is 43.2 Å². The molecule has 10 nitrogen and oxygen atoms in total. The monoisotopic (exact) mass is 617 g/mol. The minimum absolute atomic E-state index is 0.0157. The van der Waals surface area contributed by atoms with Crippen LogP contribution in [-0.2, 0) is 22.6 Å². The summed E-state index contributed by atoms with van der Waals surface area (Å²) in [5.74, 6) is -6.39. The molecule has 0 spiro atoms. The third-order valence-electron chi connectivity index (χ3n) is 9.77. The summed E-state index contributed by atoms with van der Waals surface area (Å²) in [6, 6.07) is 0.442. The quantitative estimate of drug-likeness (QED) is 0.311. The Labute approximate surface area is 254 Å². The third-order valence-corrected chi connectivity index (χ3v) is 9.77. The topological polar surface area (TPSA) is 151 Å². The Balaban J connectivity index is 1.58. The maximum atomic E-state index is 14.1. The molecule has 5 rings (SSSR count). The number of likely N-dealkylation sites (N-methyl/N-ethyl adjacent to an activating group) is 1. The number of amides is 1. The fourth-order valence-corrected chi connectivity index (χ4v) is 7.80. The zero-order valence-corrected chi connectivity index (χ0v) is 25.1. The number of ketones is 1. The van der Waals surface area contributed by atoms with Crippen molar-refractivity contribution in [2.24, 2.45) is 23.5 Å². The number of rotatable bonds is 5. The van der Waals surface area contributed by atoms with E-state index in [4.69, 9.17) is 13.2 Å². The molecule has 1 saturated carbocycles. The molecule has 2 fully saturated rings. The number of carbonyl (C=O) groups is 2. The Morgan fingerprint density at radius 3 is 2.30 bits per heavy atom. The second-order valence-electron chi connectivity index (χ2n) is 12.8. The summed E-state index contributed by atoms with van der Waals surface area (Å²) in [6.07, 6.45) is -4.04. The summed E-state index contributed by atoms with van der Waals surface area (Å²) in [7, 11) is 13.0. The van der Waals surface area contributed by atoms with Crippen LogP contribution in [-0.4, -0.2) is 114 Å². The van der Waals surface area contributed by atoms with Gasteiger partial charge in [0.2, 0.25) is 0 Å². The number of nitrogens with zero attached hydrogens (tertiary/aromatic N) is 3. The molecule has 4 aliphatic rings. The molecule has 1 heterocycles. The van der Waals surface area contributed by atoms with Crippen LogP contribution < -0.4 is 10.6 Å². The average Bonchev–Trinajstić information content (AvgIpc) is 2.89. The third kappa shape index (κ3) is 4.82. The average molecular weight is 617 g/mol. The zero-order chi connectivity index (χ0) is 32.6. The van der Waals surface area contributed by atoms with Gasteiger partial charge in [0.05, 0.1) is 5.92 Å². The van der Waals surface area contributed by atoms with Gasteiger partial charge in [-0.1, -0.05) is 0 Å². The standard InChI is InChI=1S/C30H37BF3N4O6/c1-36(2)22-14(12-38-7-5-15(6-8-38)30(32,33)34)11-18(39)20-16(22)9-13-10-17-23(37(3)4)25(41)21(28(35)43)26(31)29(17,44)27(42)19(13)24(20)40/h11,13,15,17,23,39-41,44H,5-10,12H2,1-4H3,(H2,35,43)/t13-,17-,23-,29+/m0/s1. The number of carbonyl (C=O) groups excluding carboxylic acids is 2. The van der Waals surface area contributed by atoms with Crippen molar-refractivity contribution in [3.05, 3.63) is 39.7 Å². The van der Waals surface area contributed by atoms with E-state index in [0.717, 1.165) is 0 Å². The number of phenols is 1. The molecule has 237 valence electrons. The van der Waals surface area contributed by atoms with Gasteiger partial charge in [-0.05, 0) is 12.8 Å². The summed E-state index contributed by atoms with van der Waals surface area (Å²) < 4.78 is 39.7. The molecule has 0 unspecified atom stereocenters. The van der Waals surface area contributed by atoms with Crippen LogP contribution in [0.2, 0.25) is 0 Å². The van der Waals surface area contributed by atoms with E-state index in [-0.39, 0.29) is 62.2 Å². The van der Waals surface area contributed by atoms with Gasteiger partial charge in [-0.3, -0.25) is 0 Å². The number of Topliss-reactive ketones (excluding diaryl/α,β-unsaturated/α-hetero) is 1. The minimum atomic E-state index is -4.24. The number of anilines is 1. The number of halogens is 3. The fraction of sp³-hybridized carbons (Fsp3) is 0.567. The summed E-state index contributed by atoms with van der Waals surface area (Å²) >= 11 is 0. The van der Waals surface area contributed by atoms with Crippen molar-refractivity contribution in [1.82, 2.24) is 9.80 Å². The number of piperidine rings is 1. The number of primary amides is 1. The normalized spacial score (nSPS) is 28.2. The van der Waals surface area contributed by atoms with E-state index in [2.05, 4.69) is 0 Å². The van der Waals surface area contributed by atoms with Crippen LogP contribution in [0.15, 0.2) is 23.0 Å². The van der Waals surface area contributed by atoms with Gasteiger partial charge < -0.3 is 0 Å². The van der Waals surface area contributed by atoms with Crippen molar-refractivity contribution in [3.8, 4) is 5.75 Å². The first kappa shape index (κ1) is 32.1. The molecule has 1 saturated heterocycles. The van der Waals surface area contributed by atoms with Gasteiger partial charge >= 0.3 is 222 Å². The van der Waals surface area contributed by atoms with Gasteiger partial charge in [-0.15, -0.1) is 0 Å². The number of aliphatic hydroxyl groups excluding tert-OH is 2. The van der Waals surface area contributed by atoms with Crippen LogP contribution in [0.25, 0.3) is 5.76 Å². The molecule has 1 aromatic carbocycles. The van der Waals surface area contributed by atoms with Crippen LogP contribution in [0.1, 0.15) is 36.0 Å². The summed E-state index contributed by atoms with van der Waals surface area (Å²) in [4.78, 5) is 31.6. The molecule has 0 bridgehead atoms. The molecule has 1 radical (unpaired) electrons. The Bertz CT molecular complexity index is 1500.